The Kier molecular flexibility index (Phi) is 4.77. The number of nitrogens with two attached hydrogens (primary N) is 1. The third kappa shape index (κ3) is 3.45. The van der Waals surface area contributed by atoms with Crippen molar-refractivity contribution < 1.29 is 9.47 Å². The summed E-state index contributed by atoms with van der Waals surface area (Å²) in [7, 11) is 1.66. The fourth-order valence-electron chi connectivity index (χ4n) is 3.45. The van der Waals surface area contributed by atoms with Crippen molar-refractivity contribution in [3.63, 3.8) is 0 Å². The summed E-state index contributed by atoms with van der Waals surface area (Å²) < 4.78 is 11.4. The van der Waals surface area contributed by atoms with Gasteiger partial charge in [-0.25, -0.2) is 0 Å². The number of benzene rings is 1. The molecule has 0 heterocycles. The van der Waals surface area contributed by atoms with Crippen LogP contribution >= 0.6 is 0 Å². The molecule has 2 aliphatic carbocycles. The van der Waals surface area contributed by atoms with Crippen molar-refractivity contribution in [1.29, 1.82) is 5.26 Å². The van der Waals surface area contributed by atoms with Gasteiger partial charge in [0.2, 0.25) is 0 Å². The number of rotatable bonds is 6. The van der Waals surface area contributed by atoms with Gasteiger partial charge in [-0.3, -0.25) is 0 Å². The van der Waals surface area contributed by atoms with Crippen molar-refractivity contribution in [2.45, 2.75) is 43.9 Å². The molecule has 0 unspecified atom stereocenters. The van der Waals surface area contributed by atoms with E-state index < -0.39 is 5.41 Å². The molecular formula is C19H26N2O2. The summed E-state index contributed by atoms with van der Waals surface area (Å²) in [6, 6.07) is 8.56. The van der Waals surface area contributed by atoms with Crippen LogP contribution in [0.4, 0.5) is 0 Å². The Morgan fingerprint density at radius 2 is 1.91 bits per heavy atom. The van der Waals surface area contributed by atoms with Crippen LogP contribution in [0.2, 0.25) is 0 Å². The number of nitrogens with zero attached hydrogens (tertiary/aromatic N) is 1. The Labute approximate surface area is 138 Å². The van der Waals surface area contributed by atoms with Gasteiger partial charge >= 0.3 is 0 Å². The van der Waals surface area contributed by atoms with Crippen LogP contribution in [0.15, 0.2) is 18.2 Å². The number of methoxy groups -OCH3 is 1. The quantitative estimate of drug-likeness (QED) is 0.874. The molecule has 2 saturated carbocycles. The first kappa shape index (κ1) is 16.1. The molecule has 0 radical (unpaired) electrons. The van der Waals surface area contributed by atoms with Crippen molar-refractivity contribution in [2.24, 2.45) is 17.6 Å². The van der Waals surface area contributed by atoms with Gasteiger partial charge in [0, 0.05) is 0 Å². The van der Waals surface area contributed by atoms with Crippen molar-refractivity contribution in [2.75, 3.05) is 20.3 Å². The number of hydrogen-bond acceptors (Lipinski definition) is 4. The molecule has 3 rings (SSSR count). The van der Waals surface area contributed by atoms with Gasteiger partial charge < -0.3 is 15.2 Å². The molecule has 23 heavy (non-hydrogen) atoms. The van der Waals surface area contributed by atoms with Crippen molar-refractivity contribution in [3.05, 3.63) is 23.8 Å². The van der Waals surface area contributed by atoms with E-state index in [1.165, 1.54) is 12.8 Å². The highest BCUT2D eigenvalue weighted by atomic mass is 16.5. The fourth-order valence-corrected chi connectivity index (χ4v) is 3.45. The highest BCUT2D eigenvalue weighted by Gasteiger charge is 2.37. The SMILES string of the molecule is COc1ccc([C@]2(C#N)CC[C@H](CN)CC2)cc1OCC1CC1. The summed E-state index contributed by atoms with van der Waals surface area (Å²) in [5.41, 5.74) is 6.44. The molecule has 0 spiro atoms. The zero-order valence-electron chi connectivity index (χ0n) is 13.9. The molecule has 124 valence electrons. The summed E-state index contributed by atoms with van der Waals surface area (Å²) in [6.45, 7) is 1.47. The van der Waals surface area contributed by atoms with Crippen molar-refractivity contribution in [3.8, 4) is 17.6 Å². The molecule has 0 amide bonds. The van der Waals surface area contributed by atoms with E-state index in [2.05, 4.69) is 6.07 Å². The third-order valence-corrected chi connectivity index (χ3v) is 5.39. The molecule has 4 heteroatoms. The largest absolute Gasteiger partial charge is 0.493 e. The van der Waals surface area contributed by atoms with Crippen LogP contribution in [0, 0.1) is 23.2 Å². The van der Waals surface area contributed by atoms with E-state index >= 15 is 0 Å². The Morgan fingerprint density at radius 3 is 2.48 bits per heavy atom. The number of hydrogen-bond donors (Lipinski definition) is 1. The lowest BCUT2D eigenvalue weighted by molar-refractivity contribution is 0.271. The summed E-state index contributed by atoms with van der Waals surface area (Å²) in [4.78, 5) is 0. The first-order chi connectivity index (χ1) is 11.2. The van der Waals surface area contributed by atoms with E-state index in [0.29, 0.717) is 11.8 Å². The molecule has 1 aromatic rings. The molecule has 2 aliphatic rings. The van der Waals surface area contributed by atoms with Gasteiger partial charge in [0.15, 0.2) is 11.5 Å². The molecule has 0 bridgehead atoms. The Morgan fingerprint density at radius 1 is 1.17 bits per heavy atom. The van der Waals surface area contributed by atoms with Crippen LogP contribution in [0.1, 0.15) is 44.1 Å². The van der Waals surface area contributed by atoms with Crippen LogP contribution in [0.5, 0.6) is 11.5 Å². The molecule has 0 aromatic heterocycles. The van der Waals surface area contributed by atoms with E-state index in [1.807, 2.05) is 18.2 Å². The maximum absolute atomic E-state index is 9.85. The van der Waals surface area contributed by atoms with Crippen LogP contribution in [-0.2, 0) is 5.41 Å². The lowest BCUT2D eigenvalue weighted by Gasteiger charge is -2.35. The molecule has 0 aliphatic heterocycles. The lowest BCUT2D eigenvalue weighted by Crippen LogP contribution is -2.32. The van der Waals surface area contributed by atoms with Gasteiger partial charge in [-0.2, -0.15) is 5.26 Å². The Bertz CT molecular complexity index is 582. The first-order valence-corrected chi connectivity index (χ1v) is 8.63. The molecule has 2 fully saturated rings. The van der Waals surface area contributed by atoms with Gasteiger partial charge in [0.25, 0.3) is 0 Å². The van der Waals surface area contributed by atoms with Crippen LogP contribution in [-0.4, -0.2) is 20.3 Å². The second-order valence-electron chi connectivity index (χ2n) is 6.99. The first-order valence-electron chi connectivity index (χ1n) is 8.63. The smallest absolute Gasteiger partial charge is 0.161 e. The summed E-state index contributed by atoms with van der Waals surface area (Å²) in [5.74, 6) is 2.76. The van der Waals surface area contributed by atoms with Crippen molar-refractivity contribution >= 4 is 0 Å². The summed E-state index contributed by atoms with van der Waals surface area (Å²) in [6.07, 6.45) is 6.30. The minimum atomic E-state index is -0.407. The predicted octanol–water partition coefficient (Wildman–Crippen LogP) is 3.39. The predicted molar refractivity (Wildman–Crippen MR) is 89.5 cm³/mol. The van der Waals surface area contributed by atoms with E-state index in [1.54, 1.807) is 7.11 Å². The number of nitriles is 1. The zero-order valence-corrected chi connectivity index (χ0v) is 13.9. The van der Waals surface area contributed by atoms with E-state index in [9.17, 15) is 5.26 Å². The maximum Gasteiger partial charge on any atom is 0.161 e. The van der Waals surface area contributed by atoms with Gasteiger partial charge in [-0.15, -0.1) is 0 Å². The standard InChI is InChI=1S/C19H26N2O2/c1-22-17-5-4-16(10-18(17)23-12-15-2-3-15)19(13-21)8-6-14(11-20)7-9-19/h4-5,10,14-15H,2-3,6-9,11-12,20H2,1H3/t14-,19+. The van der Waals surface area contributed by atoms with Crippen molar-refractivity contribution in [1.82, 2.24) is 0 Å². The van der Waals surface area contributed by atoms with Crippen LogP contribution in [0.25, 0.3) is 0 Å². The summed E-state index contributed by atoms with van der Waals surface area (Å²) in [5, 5.41) is 9.85. The minimum Gasteiger partial charge on any atom is -0.493 e. The van der Waals surface area contributed by atoms with Crippen LogP contribution in [0.3, 0.4) is 0 Å². The Balaban J connectivity index is 1.82. The fraction of sp³-hybridized carbons (Fsp3) is 0.632. The summed E-state index contributed by atoms with van der Waals surface area (Å²) >= 11 is 0. The third-order valence-electron chi connectivity index (χ3n) is 5.39. The van der Waals surface area contributed by atoms with Gasteiger partial charge in [-0.05, 0) is 74.6 Å². The van der Waals surface area contributed by atoms with Crippen LogP contribution < -0.4 is 15.2 Å². The molecule has 4 nitrogen and oxygen atoms in total. The second-order valence-corrected chi connectivity index (χ2v) is 6.99. The average molecular weight is 314 g/mol. The number of ether oxygens (including phenoxy) is 2. The van der Waals surface area contributed by atoms with E-state index in [-0.39, 0.29) is 0 Å². The average Bonchev–Trinajstić information content (AvgIpc) is 3.44. The molecule has 0 atom stereocenters. The van der Waals surface area contributed by atoms with E-state index in [4.69, 9.17) is 15.2 Å². The molecule has 2 N–H and O–H groups in total. The minimum absolute atomic E-state index is 0.407. The highest BCUT2D eigenvalue weighted by molar-refractivity contribution is 5.47. The van der Waals surface area contributed by atoms with Gasteiger partial charge in [-0.1, -0.05) is 6.07 Å². The normalized spacial score (nSPS) is 27.3. The molecule has 0 saturated heterocycles. The lowest BCUT2D eigenvalue weighted by atomic mass is 9.67. The zero-order chi connectivity index (χ0) is 16.3. The second kappa shape index (κ2) is 6.80. The highest BCUT2D eigenvalue weighted by Crippen LogP contribution is 2.43. The van der Waals surface area contributed by atoms with E-state index in [0.717, 1.165) is 55.9 Å². The topological polar surface area (TPSA) is 68.3 Å². The molecular weight excluding hydrogens is 288 g/mol. The van der Waals surface area contributed by atoms with Gasteiger partial charge in [0.1, 0.15) is 0 Å². The Hall–Kier alpha value is -1.73. The maximum atomic E-state index is 9.85. The molecule has 1 aromatic carbocycles. The monoisotopic (exact) mass is 314 g/mol. The van der Waals surface area contributed by atoms with Gasteiger partial charge in [0.05, 0.1) is 25.2 Å².